The molecule has 0 saturated heterocycles. The zero-order valence-corrected chi connectivity index (χ0v) is 12.7. The minimum absolute atomic E-state index is 0.193. The predicted octanol–water partition coefficient (Wildman–Crippen LogP) is 4.69. The Morgan fingerprint density at radius 3 is 2.42 bits per heavy atom. The fraction of sp³-hybridized carbons (Fsp3) is 0. The standard InChI is InChI=1S/C21H13NO2/c23-19-10-8-15-16(21(19)24)7-5-13-11-17-14-4-2-1-3-12(14)6-9-18(17)22-20(13)15/h1-11,22,24H. The number of fused-ring (bicyclic) bond motifs is 6. The van der Waals surface area contributed by atoms with Crippen molar-refractivity contribution in [1.82, 2.24) is 4.98 Å². The van der Waals surface area contributed by atoms with Crippen LogP contribution in [-0.4, -0.2) is 10.1 Å². The van der Waals surface area contributed by atoms with E-state index in [0.29, 0.717) is 5.39 Å². The highest BCUT2D eigenvalue weighted by atomic mass is 16.3. The van der Waals surface area contributed by atoms with Gasteiger partial charge in [0.1, 0.15) is 0 Å². The first-order valence-electron chi connectivity index (χ1n) is 7.81. The summed E-state index contributed by atoms with van der Waals surface area (Å²) in [6, 6.07) is 21.5. The summed E-state index contributed by atoms with van der Waals surface area (Å²) < 4.78 is 0. The normalized spacial score (nSPS) is 11.7. The molecular weight excluding hydrogens is 298 g/mol. The van der Waals surface area contributed by atoms with Crippen LogP contribution in [0.1, 0.15) is 0 Å². The highest BCUT2D eigenvalue weighted by Crippen LogP contribution is 2.32. The van der Waals surface area contributed by atoms with Gasteiger partial charge in [0.25, 0.3) is 0 Å². The second-order valence-corrected chi connectivity index (χ2v) is 6.05. The summed E-state index contributed by atoms with van der Waals surface area (Å²) in [6.45, 7) is 0. The molecule has 24 heavy (non-hydrogen) atoms. The second kappa shape index (κ2) is 4.59. The maximum absolute atomic E-state index is 11.7. The number of hydrogen-bond donors (Lipinski definition) is 2. The molecule has 1 heterocycles. The average molecular weight is 311 g/mol. The van der Waals surface area contributed by atoms with Crippen LogP contribution >= 0.6 is 0 Å². The van der Waals surface area contributed by atoms with Crippen LogP contribution in [0, 0.1) is 0 Å². The van der Waals surface area contributed by atoms with Gasteiger partial charge in [0, 0.05) is 21.7 Å². The molecule has 0 aliphatic heterocycles. The first kappa shape index (κ1) is 13.1. The van der Waals surface area contributed by atoms with E-state index in [-0.39, 0.29) is 11.2 Å². The van der Waals surface area contributed by atoms with Gasteiger partial charge in [0.2, 0.25) is 5.43 Å². The zero-order valence-electron chi connectivity index (χ0n) is 12.7. The van der Waals surface area contributed by atoms with Crippen LogP contribution in [0.3, 0.4) is 0 Å². The first-order chi connectivity index (χ1) is 11.7. The number of nitrogens with one attached hydrogen (secondary N) is 1. The molecule has 4 aromatic carbocycles. The largest absolute Gasteiger partial charge is 0.504 e. The molecule has 3 heteroatoms. The van der Waals surface area contributed by atoms with Crippen molar-refractivity contribution in [2.24, 2.45) is 0 Å². The fourth-order valence-corrected chi connectivity index (χ4v) is 3.50. The molecule has 114 valence electrons. The minimum Gasteiger partial charge on any atom is -0.504 e. The Bertz CT molecular complexity index is 1330. The van der Waals surface area contributed by atoms with Gasteiger partial charge in [-0.15, -0.1) is 0 Å². The molecule has 0 fully saturated rings. The Kier molecular flexibility index (Phi) is 2.51. The highest BCUT2D eigenvalue weighted by Gasteiger charge is 2.09. The Balaban J connectivity index is 2.00. The fourth-order valence-electron chi connectivity index (χ4n) is 3.50. The second-order valence-electron chi connectivity index (χ2n) is 6.05. The lowest BCUT2D eigenvalue weighted by atomic mass is 10.0. The van der Waals surface area contributed by atoms with Crippen LogP contribution in [-0.2, 0) is 0 Å². The van der Waals surface area contributed by atoms with Crippen LogP contribution in [0.25, 0.3) is 43.4 Å². The molecular formula is C21H13NO2. The van der Waals surface area contributed by atoms with Crippen molar-refractivity contribution in [1.29, 1.82) is 0 Å². The van der Waals surface area contributed by atoms with E-state index in [2.05, 4.69) is 35.3 Å². The Morgan fingerprint density at radius 1 is 0.708 bits per heavy atom. The van der Waals surface area contributed by atoms with Crippen molar-refractivity contribution < 1.29 is 5.11 Å². The molecule has 0 unspecified atom stereocenters. The number of H-pyrrole nitrogens is 1. The number of rotatable bonds is 0. The van der Waals surface area contributed by atoms with Gasteiger partial charge in [-0.05, 0) is 46.5 Å². The van der Waals surface area contributed by atoms with Crippen LogP contribution in [0.4, 0.5) is 0 Å². The summed E-state index contributed by atoms with van der Waals surface area (Å²) in [7, 11) is 0. The molecule has 2 N–H and O–H groups in total. The van der Waals surface area contributed by atoms with Crippen LogP contribution in [0.15, 0.2) is 71.5 Å². The van der Waals surface area contributed by atoms with Gasteiger partial charge in [0.15, 0.2) is 5.75 Å². The summed E-state index contributed by atoms with van der Waals surface area (Å²) in [5.41, 5.74) is 1.60. The number of phenolic OH excluding ortho intramolecular Hbond substituents is 1. The number of phenols is 1. The maximum atomic E-state index is 11.7. The van der Waals surface area contributed by atoms with E-state index in [1.54, 1.807) is 12.1 Å². The number of aromatic hydroxyl groups is 1. The molecule has 3 nitrogen and oxygen atoms in total. The zero-order chi connectivity index (χ0) is 16.3. The number of pyridine rings is 1. The van der Waals surface area contributed by atoms with Crippen molar-refractivity contribution in [2.45, 2.75) is 0 Å². The Labute approximate surface area is 136 Å². The molecule has 0 radical (unpaired) electrons. The molecule has 0 saturated carbocycles. The maximum Gasteiger partial charge on any atom is 0.220 e. The third kappa shape index (κ3) is 1.69. The third-order valence-electron chi connectivity index (χ3n) is 4.70. The van der Waals surface area contributed by atoms with Crippen molar-refractivity contribution in [3.05, 3.63) is 77.0 Å². The summed E-state index contributed by atoms with van der Waals surface area (Å²) in [5.74, 6) is -0.193. The van der Waals surface area contributed by atoms with Gasteiger partial charge in [-0.25, -0.2) is 0 Å². The van der Waals surface area contributed by atoms with E-state index in [1.165, 1.54) is 16.8 Å². The van der Waals surface area contributed by atoms with Gasteiger partial charge in [0.05, 0.1) is 5.52 Å². The van der Waals surface area contributed by atoms with Gasteiger partial charge in [-0.1, -0.05) is 36.4 Å². The quantitative estimate of drug-likeness (QED) is 0.322. The van der Waals surface area contributed by atoms with E-state index < -0.39 is 0 Å². The van der Waals surface area contributed by atoms with Crippen LogP contribution < -0.4 is 5.43 Å². The first-order valence-corrected chi connectivity index (χ1v) is 7.81. The topological polar surface area (TPSA) is 53.1 Å². The van der Waals surface area contributed by atoms with E-state index in [1.807, 2.05) is 18.2 Å². The van der Waals surface area contributed by atoms with Gasteiger partial charge in [-0.3, -0.25) is 4.79 Å². The van der Waals surface area contributed by atoms with E-state index in [4.69, 9.17) is 0 Å². The molecule has 5 aromatic rings. The Morgan fingerprint density at radius 2 is 1.50 bits per heavy atom. The van der Waals surface area contributed by atoms with E-state index in [9.17, 15) is 9.90 Å². The lowest BCUT2D eigenvalue weighted by molar-refractivity contribution is 0.477. The van der Waals surface area contributed by atoms with E-state index in [0.717, 1.165) is 27.2 Å². The average Bonchev–Trinajstić information content (AvgIpc) is 2.63. The molecule has 5 rings (SSSR count). The SMILES string of the molecule is O=c1ccc2c(ccc3cc4c(ccc5ccccc54)[nH]c32)c1O. The molecule has 0 aliphatic rings. The van der Waals surface area contributed by atoms with Crippen LogP contribution in [0.2, 0.25) is 0 Å². The summed E-state index contributed by atoms with van der Waals surface area (Å²) in [5, 5.41) is 16.1. The lowest BCUT2D eigenvalue weighted by Gasteiger charge is -2.09. The Hall–Kier alpha value is -3.33. The molecule has 0 spiro atoms. The molecule has 1 aromatic heterocycles. The summed E-state index contributed by atoms with van der Waals surface area (Å²) in [6.07, 6.45) is 0. The monoisotopic (exact) mass is 311 g/mol. The van der Waals surface area contributed by atoms with Crippen molar-refractivity contribution in [3.8, 4) is 5.75 Å². The lowest BCUT2D eigenvalue weighted by Crippen LogP contribution is -1.97. The van der Waals surface area contributed by atoms with Crippen molar-refractivity contribution in [2.75, 3.05) is 0 Å². The van der Waals surface area contributed by atoms with Gasteiger partial charge >= 0.3 is 0 Å². The number of aromatic nitrogens is 1. The smallest absolute Gasteiger partial charge is 0.220 e. The van der Waals surface area contributed by atoms with Gasteiger partial charge in [-0.2, -0.15) is 0 Å². The number of aromatic amines is 1. The molecule has 0 amide bonds. The van der Waals surface area contributed by atoms with Crippen molar-refractivity contribution >= 4 is 43.4 Å². The van der Waals surface area contributed by atoms with E-state index >= 15 is 0 Å². The molecule has 0 atom stereocenters. The molecule has 0 aliphatic carbocycles. The predicted molar refractivity (Wildman–Crippen MR) is 98.8 cm³/mol. The molecule has 0 bridgehead atoms. The number of benzene rings is 4. The summed E-state index contributed by atoms with van der Waals surface area (Å²) >= 11 is 0. The highest BCUT2D eigenvalue weighted by molar-refractivity contribution is 6.14. The summed E-state index contributed by atoms with van der Waals surface area (Å²) in [4.78, 5) is 15.1. The van der Waals surface area contributed by atoms with Gasteiger partial charge < -0.3 is 10.1 Å². The minimum atomic E-state index is -0.353. The number of hydrogen-bond acceptors (Lipinski definition) is 2. The van der Waals surface area contributed by atoms with Crippen LogP contribution in [0.5, 0.6) is 5.75 Å². The van der Waals surface area contributed by atoms with Crippen molar-refractivity contribution in [3.63, 3.8) is 0 Å². The third-order valence-corrected chi connectivity index (χ3v) is 4.70.